The van der Waals surface area contributed by atoms with Crippen LogP contribution in [-0.2, 0) is 9.59 Å². The molecule has 7 heteroatoms. The second-order valence-electron chi connectivity index (χ2n) is 6.38. The first-order valence-electron chi connectivity index (χ1n) is 8.04. The van der Waals surface area contributed by atoms with Crippen LogP contribution in [0.5, 0.6) is 0 Å². The van der Waals surface area contributed by atoms with E-state index in [2.05, 4.69) is 10.6 Å². The van der Waals surface area contributed by atoms with Crippen molar-refractivity contribution >= 4 is 41.7 Å². The number of nitrogens with zero attached hydrogens (tertiary/aromatic N) is 1. The van der Waals surface area contributed by atoms with Gasteiger partial charge in [0, 0.05) is 31.9 Å². The van der Waals surface area contributed by atoms with Crippen LogP contribution < -0.4 is 10.6 Å². The Morgan fingerprint density at radius 3 is 2.42 bits per heavy atom. The zero-order chi connectivity index (χ0) is 16.2. The van der Waals surface area contributed by atoms with Crippen molar-refractivity contribution in [1.82, 2.24) is 10.2 Å². The maximum atomic E-state index is 12.2. The molecule has 0 radical (unpaired) electrons. The zero-order valence-corrected chi connectivity index (χ0v) is 15.4. The molecule has 5 nitrogen and oxygen atoms in total. The van der Waals surface area contributed by atoms with Crippen LogP contribution in [0.1, 0.15) is 5.56 Å². The molecule has 0 bridgehead atoms. The monoisotopic (exact) mass is 369 g/mol. The second-order valence-corrected chi connectivity index (χ2v) is 7.37. The van der Waals surface area contributed by atoms with Crippen molar-refractivity contribution in [3.8, 4) is 0 Å². The molecule has 2 aliphatic rings. The van der Waals surface area contributed by atoms with Gasteiger partial charge in [0.25, 0.3) is 0 Å². The molecule has 2 heterocycles. The lowest BCUT2D eigenvalue weighted by molar-refractivity contribution is -0.127. The Kier molecular flexibility index (Phi) is 6.95. The largest absolute Gasteiger partial charge is 0.341 e. The fourth-order valence-electron chi connectivity index (χ4n) is 3.22. The Hall–Kier alpha value is -1.24. The summed E-state index contributed by atoms with van der Waals surface area (Å²) >= 11 is 1.39. The van der Waals surface area contributed by atoms with Crippen LogP contribution in [0.2, 0.25) is 0 Å². The summed E-state index contributed by atoms with van der Waals surface area (Å²) in [6.45, 7) is 5.80. The zero-order valence-electron chi connectivity index (χ0n) is 13.8. The van der Waals surface area contributed by atoms with Crippen molar-refractivity contribution in [2.75, 3.05) is 43.0 Å². The highest BCUT2D eigenvalue weighted by Crippen LogP contribution is 2.26. The van der Waals surface area contributed by atoms with Gasteiger partial charge in [-0.05, 0) is 30.9 Å². The van der Waals surface area contributed by atoms with Gasteiger partial charge >= 0.3 is 0 Å². The molecule has 0 spiro atoms. The number of rotatable bonds is 5. The van der Waals surface area contributed by atoms with Gasteiger partial charge in [-0.15, -0.1) is 24.2 Å². The molecule has 132 valence electrons. The number of halogens is 1. The van der Waals surface area contributed by atoms with Gasteiger partial charge < -0.3 is 15.5 Å². The third-order valence-electron chi connectivity index (χ3n) is 4.54. The van der Waals surface area contributed by atoms with Crippen LogP contribution in [0.3, 0.4) is 0 Å². The molecule has 0 aliphatic carbocycles. The third kappa shape index (κ3) is 4.88. The van der Waals surface area contributed by atoms with Gasteiger partial charge in [-0.1, -0.05) is 17.7 Å². The van der Waals surface area contributed by atoms with E-state index in [-0.39, 0.29) is 24.2 Å². The quantitative estimate of drug-likeness (QED) is 0.830. The number of likely N-dealkylation sites (tertiary alicyclic amines) is 1. The van der Waals surface area contributed by atoms with Gasteiger partial charge in [0.2, 0.25) is 11.8 Å². The number of anilines is 1. The minimum absolute atomic E-state index is 0. The van der Waals surface area contributed by atoms with Gasteiger partial charge in [0.1, 0.15) is 0 Å². The first kappa shape index (κ1) is 19.1. The lowest BCUT2D eigenvalue weighted by Gasteiger charge is -2.17. The number of fused-ring (bicyclic) bond motifs is 1. The second kappa shape index (κ2) is 8.74. The van der Waals surface area contributed by atoms with Gasteiger partial charge in [0.15, 0.2) is 0 Å². The summed E-state index contributed by atoms with van der Waals surface area (Å²) in [5, 5.41) is 6.22. The first-order valence-corrected chi connectivity index (χ1v) is 9.20. The van der Waals surface area contributed by atoms with E-state index in [4.69, 9.17) is 0 Å². The Labute approximate surface area is 153 Å². The summed E-state index contributed by atoms with van der Waals surface area (Å²) < 4.78 is 0. The normalized spacial score (nSPS) is 22.0. The SMILES string of the molecule is Cc1ccc(NC(=O)CSCC(=O)N2C[C@H]3CNC[C@H]3C2)cc1.Cl. The van der Waals surface area contributed by atoms with E-state index >= 15 is 0 Å². The number of hydrogen-bond acceptors (Lipinski definition) is 4. The number of nitrogens with one attached hydrogen (secondary N) is 2. The average Bonchev–Trinajstić information content (AvgIpc) is 3.11. The Morgan fingerprint density at radius 2 is 1.79 bits per heavy atom. The highest BCUT2D eigenvalue weighted by molar-refractivity contribution is 8.00. The maximum Gasteiger partial charge on any atom is 0.234 e. The fourth-order valence-corrected chi connectivity index (χ4v) is 3.93. The minimum Gasteiger partial charge on any atom is -0.341 e. The molecule has 2 amide bonds. The van der Waals surface area contributed by atoms with E-state index in [1.165, 1.54) is 11.8 Å². The Bertz CT molecular complexity index is 570. The first-order chi connectivity index (χ1) is 11.1. The number of hydrogen-bond donors (Lipinski definition) is 2. The Balaban J connectivity index is 0.00000208. The van der Waals surface area contributed by atoms with E-state index in [0.717, 1.165) is 37.4 Å². The molecule has 2 N–H and O–H groups in total. The highest BCUT2D eigenvalue weighted by Gasteiger charge is 2.37. The molecule has 3 rings (SSSR count). The fraction of sp³-hybridized carbons (Fsp3) is 0.529. The van der Waals surface area contributed by atoms with Gasteiger partial charge in [-0.2, -0.15) is 0 Å². The molecule has 0 saturated carbocycles. The molecule has 0 aromatic heterocycles. The maximum absolute atomic E-state index is 12.2. The van der Waals surface area contributed by atoms with E-state index in [1.54, 1.807) is 0 Å². The van der Waals surface area contributed by atoms with Gasteiger partial charge in [-0.25, -0.2) is 0 Å². The third-order valence-corrected chi connectivity index (χ3v) is 5.45. The number of benzene rings is 1. The molecule has 2 atom stereocenters. The van der Waals surface area contributed by atoms with E-state index < -0.39 is 0 Å². The van der Waals surface area contributed by atoms with Crippen LogP contribution >= 0.6 is 24.2 Å². The van der Waals surface area contributed by atoms with Gasteiger partial charge in [-0.3, -0.25) is 9.59 Å². The van der Waals surface area contributed by atoms with E-state index in [0.29, 0.717) is 23.3 Å². The number of thioether (sulfide) groups is 1. The lowest BCUT2D eigenvalue weighted by atomic mass is 10.0. The van der Waals surface area contributed by atoms with Crippen LogP contribution in [0.15, 0.2) is 24.3 Å². The molecular formula is C17H24ClN3O2S. The van der Waals surface area contributed by atoms with Crippen molar-refractivity contribution in [2.24, 2.45) is 11.8 Å². The summed E-state index contributed by atoms with van der Waals surface area (Å²) in [7, 11) is 0. The molecular weight excluding hydrogens is 346 g/mol. The molecule has 2 fully saturated rings. The number of carbonyl (C=O) groups is 2. The molecule has 2 saturated heterocycles. The lowest BCUT2D eigenvalue weighted by Crippen LogP contribution is -2.33. The van der Waals surface area contributed by atoms with Crippen LogP contribution in [0.25, 0.3) is 0 Å². The number of aryl methyl sites for hydroxylation is 1. The molecule has 1 aromatic carbocycles. The van der Waals surface area contributed by atoms with Crippen molar-refractivity contribution in [2.45, 2.75) is 6.92 Å². The number of amides is 2. The Morgan fingerprint density at radius 1 is 1.17 bits per heavy atom. The van der Waals surface area contributed by atoms with Crippen molar-refractivity contribution in [1.29, 1.82) is 0 Å². The predicted molar refractivity (Wildman–Crippen MR) is 101 cm³/mol. The minimum atomic E-state index is -0.0610. The van der Waals surface area contributed by atoms with Gasteiger partial charge in [0.05, 0.1) is 11.5 Å². The van der Waals surface area contributed by atoms with Crippen LogP contribution in [0.4, 0.5) is 5.69 Å². The smallest absolute Gasteiger partial charge is 0.234 e. The summed E-state index contributed by atoms with van der Waals surface area (Å²) in [6, 6.07) is 7.71. The molecule has 24 heavy (non-hydrogen) atoms. The van der Waals surface area contributed by atoms with Crippen molar-refractivity contribution in [3.63, 3.8) is 0 Å². The molecule has 0 unspecified atom stereocenters. The van der Waals surface area contributed by atoms with E-state index in [9.17, 15) is 9.59 Å². The molecule has 2 aliphatic heterocycles. The molecule has 1 aromatic rings. The predicted octanol–water partition coefficient (Wildman–Crippen LogP) is 1.77. The summed E-state index contributed by atoms with van der Waals surface area (Å²) in [6.07, 6.45) is 0. The average molecular weight is 370 g/mol. The van der Waals surface area contributed by atoms with E-state index in [1.807, 2.05) is 36.1 Å². The summed E-state index contributed by atoms with van der Waals surface area (Å²) in [4.78, 5) is 26.1. The summed E-state index contributed by atoms with van der Waals surface area (Å²) in [5.74, 6) is 2.03. The summed E-state index contributed by atoms with van der Waals surface area (Å²) in [5.41, 5.74) is 1.96. The topological polar surface area (TPSA) is 61.4 Å². The number of carbonyl (C=O) groups excluding carboxylic acids is 2. The van der Waals surface area contributed by atoms with Crippen LogP contribution in [0, 0.1) is 18.8 Å². The van der Waals surface area contributed by atoms with Crippen molar-refractivity contribution in [3.05, 3.63) is 29.8 Å². The van der Waals surface area contributed by atoms with Crippen LogP contribution in [-0.4, -0.2) is 54.4 Å². The van der Waals surface area contributed by atoms with Crippen molar-refractivity contribution < 1.29 is 9.59 Å². The highest BCUT2D eigenvalue weighted by atomic mass is 35.5. The standard InChI is InChI=1S/C17H23N3O2S.ClH/c1-12-2-4-15(5-3-12)19-16(21)10-23-11-17(22)20-8-13-6-18-7-14(13)9-20;/h2-5,13-14,18H,6-11H2,1H3,(H,19,21);1H/t13-,14+;.